The smallest absolute Gasteiger partial charge is 0.134 e. The lowest BCUT2D eigenvalue weighted by molar-refractivity contribution is 1.01. The summed E-state index contributed by atoms with van der Waals surface area (Å²) in [5.41, 5.74) is 7.18. The van der Waals surface area contributed by atoms with Gasteiger partial charge in [-0.3, -0.25) is 0 Å². The molecule has 0 aliphatic carbocycles. The number of nitrogens with zero attached hydrogens (tertiary/aromatic N) is 4. The molecule has 0 aliphatic heterocycles. The van der Waals surface area contributed by atoms with Crippen molar-refractivity contribution in [2.24, 2.45) is 0 Å². The van der Waals surface area contributed by atoms with Crippen LogP contribution in [0.1, 0.15) is 17.2 Å². The van der Waals surface area contributed by atoms with Crippen LogP contribution in [0.2, 0.25) is 0 Å². The van der Waals surface area contributed by atoms with E-state index in [1.807, 2.05) is 13.0 Å². The molecule has 2 aromatic heterocycles. The summed E-state index contributed by atoms with van der Waals surface area (Å²) in [5, 5.41) is 9.16. The number of aromatic nitrogens is 4. The molecule has 0 atom stereocenters. The van der Waals surface area contributed by atoms with Gasteiger partial charge in [0.15, 0.2) is 0 Å². The number of rotatable bonds is 4. The van der Waals surface area contributed by atoms with Crippen LogP contribution >= 0.6 is 0 Å². The van der Waals surface area contributed by atoms with Crippen molar-refractivity contribution in [3.8, 4) is 22.5 Å². The summed E-state index contributed by atoms with van der Waals surface area (Å²) in [5.74, 6) is 1.56. The van der Waals surface area contributed by atoms with Gasteiger partial charge in [-0.15, -0.1) is 0 Å². The van der Waals surface area contributed by atoms with Crippen molar-refractivity contribution in [2.45, 2.75) is 13.3 Å². The van der Waals surface area contributed by atoms with Crippen molar-refractivity contribution in [1.82, 2.24) is 19.9 Å². The first-order valence-electron chi connectivity index (χ1n) is 15.6. The Bertz CT molecular complexity index is 2610. The van der Waals surface area contributed by atoms with E-state index in [2.05, 4.69) is 133 Å². The SMILES string of the molecule is Cc1nc(-c2ccccc2)c2cc3c(Cc4nc(-c5ccccc5)c5c6ccccc6c6ccccc6c5n4)cccc3cc2n1. The van der Waals surface area contributed by atoms with Crippen LogP contribution in [0.4, 0.5) is 0 Å². The molecule has 0 N–H and O–H groups in total. The predicted molar refractivity (Wildman–Crippen MR) is 190 cm³/mol. The highest BCUT2D eigenvalue weighted by molar-refractivity contribution is 6.26. The highest BCUT2D eigenvalue weighted by Gasteiger charge is 2.18. The zero-order chi connectivity index (χ0) is 30.6. The Balaban J connectivity index is 1.30. The molecule has 0 radical (unpaired) electrons. The molecule has 0 bridgehead atoms. The molecular formula is C42H28N4. The molecule has 0 aliphatic rings. The van der Waals surface area contributed by atoms with E-state index >= 15 is 0 Å². The van der Waals surface area contributed by atoms with E-state index in [0.29, 0.717) is 6.42 Å². The minimum atomic E-state index is 0.590. The van der Waals surface area contributed by atoms with E-state index in [-0.39, 0.29) is 0 Å². The highest BCUT2D eigenvalue weighted by Crippen LogP contribution is 2.39. The Hall–Kier alpha value is -6.00. The second-order valence-electron chi connectivity index (χ2n) is 11.8. The Labute approximate surface area is 266 Å². The molecule has 0 spiro atoms. The van der Waals surface area contributed by atoms with Gasteiger partial charge in [-0.25, -0.2) is 19.9 Å². The molecule has 216 valence electrons. The van der Waals surface area contributed by atoms with Crippen molar-refractivity contribution < 1.29 is 0 Å². The lowest BCUT2D eigenvalue weighted by Gasteiger charge is -2.15. The second-order valence-corrected chi connectivity index (χ2v) is 11.8. The third-order valence-corrected chi connectivity index (χ3v) is 8.97. The quantitative estimate of drug-likeness (QED) is 0.152. The minimum absolute atomic E-state index is 0.590. The first-order chi connectivity index (χ1) is 22.7. The average molecular weight is 589 g/mol. The van der Waals surface area contributed by atoms with Crippen LogP contribution in [0, 0.1) is 6.92 Å². The van der Waals surface area contributed by atoms with Crippen LogP contribution in [0.5, 0.6) is 0 Å². The molecule has 9 aromatic rings. The van der Waals surface area contributed by atoms with Crippen molar-refractivity contribution in [3.05, 3.63) is 157 Å². The van der Waals surface area contributed by atoms with E-state index in [9.17, 15) is 0 Å². The predicted octanol–water partition coefficient (Wildman–Crippen LogP) is 10.3. The van der Waals surface area contributed by atoms with Crippen molar-refractivity contribution in [3.63, 3.8) is 0 Å². The molecule has 4 heteroatoms. The summed E-state index contributed by atoms with van der Waals surface area (Å²) in [4.78, 5) is 20.4. The third kappa shape index (κ3) is 4.30. The number of fused-ring (bicyclic) bond motifs is 8. The van der Waals surface area contributed by atoms with Crippen molar-refractivity contribution in [1.29, 1.82) is 0 Å². The lowest BCUT2D eigenvalue weighted by Crippen LogP contribution is -2.02. The van der Waals surface area contributed by atoms with E-state index in [1.54, 1.807) is 0 Å². The maximum atomic E-state index is 5.35. The summed E-state index contributed by atoms with van der Waals surface area (Å²) in [6, 6.07) is 49.0. The average Bonchev–Trinajstić information content (AvgIpc) is 3.11. The summed E-state index contributed by atoms with van der Waals surface area (Å²) < 4.78 is 0. The summed E-state index contributed by atoms with van der Waals surface area (Å²) in [7, 11) is 0. The summed E-state index contributed by atoms with van der Waals surface area (Å²) >= 11 is 0. The van der Waals surface area contributed by atoms with Gasteiger partial charge in [-0.2, -0.15) is 0 Å². The van der Waals surface area contributed by atoms with E-state index < -0.39 is 0 Å². The lowest BCUT2D eigenvalue weighted by atomic mass is 9.94. The monoisotopic (exact) mass is 588 g/mol. The molecule has 0 amide bonds. The molecule has 46 heavy (non-hydrogen) atoms. The largest absolute Gasteiger partial charge is 0.233 e. The van der Waals surface area contributed by atoms with Gasteiger partial charge < -0.3 is 0 Å². The van der Waals surface area contributed by atoms with Crippen LogP contribution in [0.3, 0.4) is 0 Å². The van der Waals surface area contributed by atoms with Crippen LogP contribution in [0.15, 0.2) is 140 Å². The molecule has 0 saturated carbocycles. The normalized spacial score (nSPS) is 11.7. The molecular weight excluding hydrogens is 560 g/mol. The Morgan fingerprint density at radius 3 is 1.83 bits per heavy atom. The fourth-order valence-corrected chi connectivity index (χ4v) is 6.92. The van der Waals surface area contributed by atoms with Gasteiger partial charge >= 0.3 is 0 Å². The van der Waals surface area contributed by atoms with Gasteiger partial charge in [0.25, 0.3) is 0 Å². The fourth-order valence-electron chi connectivity index (χ4n) is 6.92. The first-order valence-corrected chi connectivity index (χ1v) is 15.6. The van der Waals surface area contributed by atoms with E-state index in [0.717, 1.165) is 72.1 Å². The fraction of sp³-hybridized carbons (Fsp3) is 0.0476. The maximum absolute atomic E-state index is 5.35. The van der Waals surface area contributed by atoms with Crippen LogP contribution in [-0.4, -0.2) is 19.9 Å². The van der Waals surface area contributed by atoms with E-state index in [4.69, 9.17) is 19.9 Å². The zero-order valence-electron chi connectivity index (χ0n) is 25.3. The summed E-state index contributed by atoms with van der Waals surface area (Å²) in [6.45, 7) is 1.96. The highest BCUT2D eigenvalue weighted by atomic mass is 14.9. The molecule has 0 unspecified atom stereocenters. The Morgan fingerprint density at radius 2 is 1.09 bits per heavy atom. The van der Waals surface area contributed by atoms with Crippen LogP contribution in [0.25, 0.3) is 76.6 Å². The number of aryl methyl sites for hydroxylation is 1. The molecule has 9 rings (SSSR count). The molecule has 0 fully saturated rings. The van der Waals surface area contributed by atoms with Gasteiger partial charge in [0, 0.05) is 33.7 Å². The van der Waals surface area contributed by atoms with Gasteiger partial charge in [0.2, 0.25) is 0 Å². The number of hydrogen-bond donors (Lipinski definition) is 0. The molecule has 4 nitrogen and oxygen atoms in total. The zero-order valence-corrected chi connectivity index (χ0v) is 25.3. The number of benzene rings is 7. The standard InChI is InChI=1S/C42H28N4/c1-26-43-37-23-29-17-12-18-30(35(29)25-36(37)40(44-26)27-13-4-2-5-14-27)24-38-45-41(28-15-6-3-7-16-28)39-33-21-10-8-19-31(33)32-20-9-11-22-34(32)42(39)46-38/h2-23,25H,24H2,1H3. The Kier molecular flexibility index (Phi) is 6.07. The first kappa shape index (κ1) is 26.4. The van der Waals surface area contributed by atoms with Gasteiger partial charge in [-0.05, 0) is 51.6 Å². The van der Waals surface area contributed by atoms with Crippen molar-refractivity contribution >= 4 is 54.1 Å². The number of hydrogen-bond acceptors (Lipinski definition) is 4. The van der Waals surface area contributed by atoms with Gasteiger partial charge in [0.05, 0.1) is 22.4 Å². The maximum Gasteiger partial charge on any atom is 0.134 e. The molecule has 0 saturated heterocycles. The molecule has 7 aromatic carbocycles. The summed E-state index contributed by atoms with van der Waals surface area (Å²) in [6.07, 6.45) is 0.590. The minimum Gasteiger partial charge on any atom is -0.233 e. The van der Waals surface area contributed by atoms with E-state index in [1.165, 1.54) is 21.7 Å². The molecule has 2 heterocycles. The second kappa shape index (κ2) is 10.6. The van der Waals surface area contributed by atoms with Gasteiger partial charge in [-0.1, -0.05) is 127 Å². The van der Waals surface area contributed by atoms with Crippen LogP contribution in [-0.2, 0) is 6.42 Å². The van der Waals surface area contributed by atoms with Crippen molar-refractivity contribution in [2.75, 3.05) is 0 Å². The van der Waals surface area contributed by atoms with Gasteiger partial charge in [0.1, 0.15) is 11.6 Å². The topological polar surface area (TPSA) is 51.6 Å². The Morgan fingerprint density at radius 1 is 0.457 bits per heavy atom. The van der Waals surface area contributed by atoms with Crippen LogP contribution < -0.4 is 0 Å². The third-order valence-electron chi connectivity index (χ3n) is 8.97.